The number of para-hydroxylation sites is 1. The van der Waals surface area contributed by atoms with Crippen LogP contribution < -0.4 is 16.4 Å². The van der Waals surface area contributed by atoms with Crippen LogP contribution in [0.15, 0.2) is 48.5 Å². The summed E-state index contributed by atoms with van der Waals surface area (Å²) in [6.45, 7) is 0.976. The highest BCUT2D eigenvalue weighted by atomic mass is 16.5. The number of amides is 2. The van der Waals surface area contributed by atoms with Gasteiger partial charge in [0.25, 0.3) is 11.8 Å². The van der Waals surface area contributed by atoms with E-state index in [2.05, 4.69) is 10.6 Å². The van der Waals surface area contributed by atoms with Crippen molar-refractivity contribution >= 4 is 23.2 Å². The standard InChI is InChI=1S/C19H21N3O3/c20-16-8-2-1-7-15(16)18(23)21-12-13-5-3-6-14(11-13)22-19(24)17-9-4-10-25-17/h1-3,5-8,11,17H,4,9-10,12,20H2,(H,21,23)(H,22,24). The molecule has 2 amide bonds. The molecule has 1 unspecified atom stereocenters. The van der Waals surface area contributed by atoms with E-state index in [4.69, 9.17) is 10.5 Å². The monoisotopic (exact) mass is 339 g/mol. The molecule has 1 fully saturated rings. The summed E-state index contributed by atoms with van der Waals surface area (Å²) in [6, 6.07) is 14.3. The molecule has 0 bridgehead atoms. The van der Waals surface area contributed by atoms with Crippen LogP contribution in [0.25, 0.3) is 0 Å². The number of nitrogen functional groups attached to an aromatic ring is 1. The lowest BCUT2D eigenvalue weighted by atomic mass is 10.1. The van der Waals surface area contributed by atoms with Crippen molar-refractivity contribution in [3.05, 3.63) is 59.7 Å². The first kappa shape index (κ1) is 17.0. The molecule has 4 N–H and O–H groups in total. The third kappa shape index (κ3) is 4.36. The average Bonchev–Trinajstić information content (AvgIpc) is 3.15. The van der Waals surface area contributed by atoms with E-state index >= 15 is 0 Å². The molecule has 1 aliphatic rings. The van der Waals surface area contributed by atoms with Crippen LogP contribution >= 0.6 is 0 Å². The Kier molecular flexibility index (Phi) is 5.30. The third-order valence-corrected chi connectivity index (χ3v) is 4.08. The highest BCUT2D eigenvalue weighted by molar-refractivity contribution is 5.99. The first-order chi connectivity index (χ1) is 12.1. The van der Waals surface area contributed by atoms with Crippen molar-refractivity contribution in [2.45, 2.75) is 25.5 Å². The van der Waals surface area contributed by atoms with Crippen LogP contribution in [0.2, 0.25) is 0 Å². The molecule has 2 aromatic carbocycles. The molecule has 25 heavy (non-hydrogen) atoms. The smallest absolute Gasteiger partial charge is 0.253 e. The lowest BCUT2D eigenvalue weighted by molar-refractivity contribution is -0.124. The average molecular weight is 339 g/mol. The highest BCUT2D eigenvalue weighted by Gasteiger charge is 2.23. The molecule has 2 aromatic rings. The van der Waals surface area contributed by atoms with Gasteiger partial charge in [0, 0.05) is 24.5 Å². The maximum atomic E-state index is 12.2. The molecule has 3 rings (SSSR count). The molecule has 1 aliphatic heterocycles. The van der Waals surface area contributed by atoms with E-state index in [0.29, 0.717) is 30.1 Å². The SMILES string of the molecule is Nc1ccccc1C(=O)NCc1cccc(NC(=O)C2CCCO2)c1. The van der Waals surface area contributed by atoms with Crippen LogP contribution in [0.3, 0.4) is 0 Å². The molecular weight excluding hydrogens is 318 g/mol. The van der Waals surface area contributed by atoms with Crippen molar-refractivity contribution in [2.75, 3.05) is 17.7 Å². The van der Waals surface area contributed by atoms with Gasteiger partial charge in [0.05, 0.1) is 5.56 Å². The summed E-state index contributed by atoms with van der Waals surface area (Å²) < 4.78 is 5.38. The Morgan fingerprint density at radius 3 is 2.76 bits per heavy atom. The normalized spacial score (nSPS) is 16.4. The molecule has 0 spiro atoms. The zero-order valence-corrected chi connectivity index (χ0v) is 13.8. The van der Waals surface area contributed by atoms with Crippen molar-refractivity contribution in [2.24, 2.45) is 0 Å². The van der Waals surface area contributed by atoms with E-state index in [0.717, 1.165) is 18.4 Å². The summed E-state index contributed by atoms with van der Waals surface area (Å²) in [5.41, 5.74) is 8.27. The molecule has 0 saturated carbocycles. The highest BCUT2D eigenvalue weighted by Crippen LogP contribution is 2.16. The number of carbonyl (C=O) groups excluding carboxylic acids is 2. The van der Waals surface area contributed by atoms with E-state index in [1.807, 2.05) is 24.3 Å². The van der Waals surface area contributed by atoms with Crippen LogP contribution in [0.4, 0.5) is 11.4 Å². The number of hydrogen-bond acceptors (Lipinski definition) is 4. The molecule has 130 valence electrons. The Hall–Kier alpha value is -2.86. The molecule has 0 radical (unpaired) electrons. The Bertz CT molecular complexity index is 770. The van der Waals surface area contributed by atoms with Gasteiger partial charge in [-0.1, -0.05) is 24.3 Å². The Morgan fingerprint density at radius 1 is 1.16 bits per heavy atom. The van der Waals surface area contributed by atoms with Crippen molar-refractivity contribution < 1.29 is 14.3 Å². The minimum Gasteiger partial charge on any atom is -0.398 e. The molecule has 0 aliphatic carbocycles. The summed E-state index contributed by atoms with van der Waals surface area (Å²) in [6.07, 6.45) is 1.29. The van der Waals surface area contributed by atoms with E-state index in [9.17, 15) is 9.59 Å². The van der Waals surface area contributed by atoms with E-state index in [-0.39, 0.29) is 17.9 Å². The topological polar surface area (TPSA) is 93.5 Å². The van der Waals surface area contributed by atoms with Crippen LogP contribution in [0.5, 0.6) is 0 Å². The first-order valence-corrected chi connectivity index (χ1v) is 8.27. The summed E-state index contributed by atoms with van der Waals surface area (Å²) in [7, 11) is 0. The fraction of sp³-hybridized carbons (Fsp3) is 0.263. The number of benzene rings is 2. The lowest BCUT2D eigenvalue weighted by Gasteiger charge is -2.12. The molecule has 1 atom stereocenters. The van der Waals surface area contributed by atoms with Crippen LogP contribution in [-0.2, 0) is 16.1 Å². The molecule has 1 heterocycles. The first-order valence-electron chi connectivity index (χ1n) is 8.27. The van der Waals surface area contributed by atoms with Crippen molar-refractivity contribution in [3.63, 3.8) is 0 Å². The second-order valence-corrected chi connectivity index (χ2v) is 5.96. The fourth-order valence-electron chi connectivity index (χ4n) is 2.75. The van der Waals surface area contributed by atoms with Crippen LogP contribution in [0, 0.1) is 0 Å². The van der Waals surface area contributed by atoms with Gasteiger partial charge in [-0.3, -0.25) is 9.59 Å². The number of ether oxygens (including phenoxy) is 1. The predicted octanol–water partition coefficient (Wildman–Crippen LogP) is 2.32. The van der Waals surface area contributed by atoms with Gasteiger partial charge in [0.15, 0.2) is 0 Å². The maximum absolute atomic E-state index is 12.2. The minimum atomic E-state index is -0.371. The summed E-state index contributed by atoms with van der Waals surface area (Å²) >= 11 is 0. The molecule has 1 saturated heterocycles. The lowest BCUT2D eigenvalue weighted by Crippen LogP contribution is -2.27. The van der Waals surface area contributed by atoms with Gasteiger partial charge in [-0.25, -0.2) is 0 Å². The Balaban J connectivity index is 1.59. The summed E-state index contributed by atoms with van der Waals surface area (Å²) in [5.74, 6) is -0.359. The number of anilines is 2. The van der Waals surface area contributed by atoms with Gasteiger partial charge >= 0.3 is 0 Å². The molecular formula is C19H21N3O3. The molecule has 6 nitrogen and oxygen atoms in total. The number of carbonyl (C=O) groups is 2. The zero-order valence-electron chi connectivity index (χ0n) is 13.8. The van der Waals surface area contributed by atoms with Crippen LogP contribution in [0.1, 0.15) is 28.8 Å². The number of rotatable bonds is 5. The van der Waals surface area contributed by atoms with E-state index < -0.39 is 0 Å². The molecule has 6 heteroatoms. The fourth-order valence-corrected chi connectivity index (χ4v) is 2.75. The predicted molar refractivity (Wildman–Crippen MR) is 96.1 cm³/mol. The molecule has 0 aromatic heterocycles. The van der Waals surface area contributed by atoms with Crippen molar-refractivity contribution in [1.82, 2.24) is 5.32 Å². The third-order valence-electron chi connectivity index (χ3n) is 4.08. The van der Waals surface area contributed by atoms with Gasteiger partial charge in [0.2, 0.25) is 0 Å². The minimum absolute atomic E-state index is 0.129. The second kappa shape index (κ2) is 7.81. The van der Waals surface area contributed by atoms with Gasteiger partial charge in [-0.15, -0.1) is 0 Å². The quantitative estimate of drug-likeness (QED) is 0.729. The van der Waals surface area contributed by atoms with Gasteiger partial charge in [0.1, 0.15) is 6.10 Å². The van der Waals surface area contributed by atoms with E-state index in [1.165, 1.54) is 0 Å². The maximum Gasteiger partial charge on any atom is 0.253 e. The summed E-state index contributed by atoms with van der Waals surface area (Å²) in [5, 5.41) is 5.69. The number of nitrogens with two attached hydrogens (primary N) is 1. The van der Waals surface area contributed by atoms with Gasteiger partial charge < -0.3 is 21.1 Å². The largest absolute Gasteiger partial charge is 0.398 e. The number of nitrogens with one attached hydrogen (secondary N) is 2. The Labute approximate surface area is 146 Å². The van der Waals surface area contributed by atoms with E-state index in [1.54, 1.807) is 24.3 Å². The van der Waals surface area contributed by atoms with Gasteiger partial charge in [-0.2, -0.15) is 0 Å². The summed E-state index contributed by atoms with van der Waals surface area (Å²) in [4.78, 5) is 24.3. The van der Waals surface area contributed by atoms with Gasteiger partial charge in [-0.05, 0) is 42.7 Å². The van der Waals surface area contributed by atoms with Crippen LogP contribution in [-0.4, -0.2) is 24.5 Å². The van der Waals surface area contributed by atoms with Crippen molar-refractivity contribution in [3.8, 4) is 0 Å². The van der Waals surface area contributed by atoms with Crippen molar-refractivity contribution in [1.29, 1.82) is 0 Å². The second-order valence-electron chi connectivity index (χ2n) is 5.96. The zero-order chi connectivity index (χ0) is 17.6. The Morgan fingerprint density at radius 2 is 2.00 bits per heavy atom. The number of hydrogen-bond donors (Lipinski definition) is 3.